The second-order valence-corrected chi connectivity index (χ2v) is 13.1. The number of aryl methyl sites for hydroxylation is 2. The highest BCUT2D eigenvalue weighted by atomic mass is 32.2. The van der Waals surface area contributed by atoms with Gasteiger partial charge in [-0.3, -0.25) is 4.79 Å². The van der Waals surface area contributed by atoms with Gasteiger partial charge in [-0.25, -0.2) is 0 Å². The Morgan fingerprint density at radius 1 is 1.02 bits per heavy atom. The number of aromatic nitrogens is 1. The molecule has 1 amide bonds. The Hall–Kier alpha value is -3.96. The van der Waals surface area contributed by atoms with Gasteiger partial charge < -0.3 is 14.6 Å². The van der Waals surface area contributed by atoms with Crippen LogP contribution in [0.1, 0.15) is 55.9 Å². The topological polar surface area (TPSA) is 48.1 Å². The maximum Gasteiger partial charge on any atom is 0.225 e. The number of nitrogens with zero attached hydrogens (tertiary/aromatic N) is 1. The van der Waals surface area contributed by atoms with Crippen LogP contribution in [0.4, 0.5) is 0 Å². The van der Waals surface area contributed by atoms with E-state index >= 15 is 0 Å². The lowest BCUT2D eigenvalue weighted by atomic mass is 9.91. The molecule has 0 saturated carbocycles. The zero-order valence-corrected chi connectivity index (χ0v) is 26.8. The lowest BCUT2D eigenvalue weighted by Gasteiger charge is -2.33. The van der Waals surface area contributed by atoms with E-state index in [1.54, 1.807) is 11.9 Å². The largest absolute Gasteiger partial charge is 0.361 e. The molecule has 3 aromatic carbocycles. The van der Waals surface area contributed by atoms with E-state index in [0.717, 1.165) is 35.4 Å². The summed E-state index contributed by atoms with van der Waals surface area (Å²) in [6, 6.07) is 27.0. The number of rotatable bonds is 14. The van der Waals surface area contributed by atoms with Crippen molar-refractivity contribution in [3.63, 3.8) is 0 Å². The summed E-state index contributed by atoms with van der Waals surface area (Å²) in [5.74, 6) is 0.934. The third-order valence-corrected chi connectivity index (χ3v) is 8.77. The molecule has 0 aliphatic heterocycles. The zero-order valence-electron chi connectivity index (χ0n) is 26.0. The molecule has 0 bridgehead atoms. The average Bonchev–Trinajstić information content (AvgIpc) is 3.41. The summed E-state index contributed by atoms with van der Waals surface area (Å²) in [5.41, 5.74) is 7.56. The molecule has 43 heavy (non-hydrogen) atoms. The second kappa shape index (κ2) is 15.0. The molecule has 4 nitrogen and oxygen atoms in total. The van der Waals surface area contributed by atoms with E-state index in [-0.39, 0.29) is 11.9 Å². The molecule has 0 aliphatic carbocycles. The molecule has 4 rings (SSSR count). The maximum absolute atomic E-state index is 13.4. The molecule has 0 unspecified atom stereocenters. The standard InChI is InChI=1S/C38H45N3OS/c1-7-16-31(33-21-12-11-17-28(33)2)25-36(40-37(42)38(4,5)6)29(3)41(27-30-18-9-8-10-19-30)43-24-15-20-32-26-39-35-23-14-13-22-34(32)35/h7-14,16-19,21-23,26,36,39H,1,3,15,20,24-25,27H2,2,4-6H3,(H,40,42)/b31-16-/t36-/m1/s1. The molecule has 224 valence electrons. The Morgan fingerprint density at radius 2 is 1.72 bits per heavy atom. The monoisotopic (exact) mass is 591 g/mol. The summed E-state index contributed by atoms with van der Waals surface area (Å²) in [4.78, 5) is 16.8. The number of allylic oxidation sites excluding steroid dienone is 2. The normalized spacial score (nSPS) is 12.6. The molecule has 4 aromatic rings. The predicted octanol–water partition coefficient (Wildman–Crippen LogP) is 9.26. The van der Waals surface area contributed by atoms with Crippen molar-refractivity contribution >= 4 is 34.3 Å². The van der Waals surface area contributed by atoms with E-state index < -0.39 is 5.41 Å². The fourth-order valence-corrected chi connectivity index (χ4v) is 6.15. The lowest BCUT2D eigenvalue weighted by molar-refractivity contribution is -0.129. The first-order valence-corrected chi connectivity index (χ1v) is 16.0. The highest BCUT2D eigenvalue weighted by molar-refractivity contribution is 7.97. The van der Waals surface area contributed by atoms with Crippen LogP contribution >= 0.6 is 11.9 Å². The maximum atomic E-state index is 13.4. The van der Waals surface area contributed by atoms with Crippen molar-refractivity contribution < 1.29 is 4.79 Å². The van der Waals surface area contributed by atoms with E-state index in [0.29, 0.717) is 13.0 Å². The SMILES string of the molecule is C=C/C=C(/C[C@@H](NC(=O)C(C)(C)C)C(=C)N(Cc1ccccc1)SCCCc1c[nH]c2ccccc12)c1ccccc1C. The molecule has 0 fully saturated rings. The van der Waals surface area contributed by atoms with Gasteiger partial charge in [0.1, 0.15) is 0 Å². The molecular formula is C38H45N3OS. The highest BCUT2D eigenvalue weighted by Gasteiger charge is 2.28. The minimum absolute atomic E-state index is 0.00498. The van der Waals surface area contributed by atoms with Gasteiger partial charge >= 0.3 is 0 Å². The number of hydrogen-bond donors (Lipinski definition) is 2. The number of nitrogens with one attached hydrogen (secondary N) is 2. The van der Waals surface area contributed by atoms with Crippen molar-refractivity contribution in [1.29, 1.82) is 0 Å². The van der Waals surface area contributed by atoms with E-state index in [9.17, 15) is 4.79 Å². The van der Waals surface area contributed by atoms with Crippen molar-refractivity contribution in [2.75, 3.05) is 5.75 Å². The number of carbonyl (C=O) groups is 1. The van der Waals surface area contributed by atoms with Gasteiger partial charge in [0.25, 0.3) is 0 Å². The van der Waals surface area contributed by atoms with Crippen molar-refractivity contribution in [3.05, 3.63) is 138 Å². The van der Waals surface area contributed by atoms with Gasteiger partial charge in [-0.2, -0.15) is 0 Å². The van der Waals surface area contributed by atoms with E-state index in [4.69, 9.17) is 0 Å². The second-order valence-electron chi connectivity index (χ2n) is 12.0. The van der Waals surface area contributed by atoms with Crippen molar-refractivity contribution in [2.45, 2.75) is 59.5 Å². The van der Waals surface area contributed by atoms with Gasteiger partial charge in [-0.05, 0) is 72.0 Å². The van der Waals surface area contributed by atoms with Gasteiger partial charge in [-0.15, -0.1) is 0 Å². The molecule has 1 atom stereocenters. The van der Waals surface area contributed by atoms with Crippen LogP contribution in [0.15, 0.2) is 116 Å². The Bertz CT molecular complexity index is 1560. The van der Waals surface area contributed by atoms with Crippen LogP contribution in [-0.2, 0) is 17.8 Å². The third kappa shape index (κ3) is 8.77. The fraction of sp³-hybridized carbons (Fsp3) is 0.289. The van der Waals surface area contributed by atoms with Crippen LogP contribution in [-0.4, -0.2) is 27.0 Å². The molecule has 1 heterocycles. The number of amides is 1. The molecular weight excluding hydrogens is 547 g/mol. The molecule has 0 aliphatic rings. The van der Waals surface area contributed by atoms with Crippen LogP contribution in [0, 0.1) is 12.3 Å². The third-order valence-electron chi connectivity index (χ3n) is 7.62. The number of fused-ring (bicyclic) bond motifs is 1. The molecule has 0 radical (unpaired) electrons. The number of H-pyrrole nitrogens is 1. The van der Waals surface area contributed by atoms with Gasteiger partial charge in [0.05, 0.1) is 12.6 Å². The number of benzene rings is 3. The molecule has 5 heteroatoms. The quantitative estimate of drug-likeness (QED) is 0.0873. The van der Waals surface area contributed by atoms with Crippen molar-refractivity contribution in [1.82, 2.24) is 14.6 Å². The van der Waals surface area contributed by atoms with Crippen LogP contribution in [0.25, 0.3) is 16.5 Å². The Morgan fingerprint density at radius 3 is 2.44 bits per heavy atom. The first-order valence-electron chi connectivity index (χ1n) is 15.0. The lowest BCUT2D eigenvalue weighted by Crippen LogP contribution is -2.45. The van der Waals surface area contributed by atoms with Gasteiger partial charge in [0.2, 0.25) is 5.91 Å². The summed E-state index contributed by atoms with van der Waals surface area (Å²) in [6.07, 6.45) is 8.64. The number of para-hydroxylation sites is 1. The first kappa shape index (κ1) is 32.0. The van der Waals surface area contributed by atoms with Crippen LogP contribution in [0.5, 0.6) is 0 Å². The Labute approximate surface area is 262 Å². The number of carbonyl (C=O) groups excluding carboxylic acids is 1. The molecule has 1 aromatic heterocycles. The van der Waals surface area contributed by atoms with Crippen LogP contribution < -0.4 is 5.32 Å². The summed E-state index contributed by atoms with van der Waals surface area (Å²) in [5, 5.41) is 4.65. The zero-order chi connectivity index (χ0) is 30.8. The molecule has 0 spiro atoms. The molecule has 2 N–H and O–H groups in total. The summed E-state index contributed by atoms with van der Waals surface area (Å²) in [7, 11) is 0. The smallest absolute Gasteiger partial charge is 0.225 e. The number of aromatic amines is 1. The predicted molar refractivity (Wildman–Crippen MR) is 186 cm³/mol. The van der Waals surface area contributed by atoms with Gasteiger partial charge in [0, 0.05) is 34.0 Å². The summed E-state index contributed by atoms with van der Waals surface area (Å²) in [6.45, 7) is 17.3. The van der Waals surface area contributed by atoms with E-state index in [2.05, 4.69) is 120 Å². The summed E-state index contributed by atoms with van der Waals surface area (Å²) >= 11 is 1.79. The minimum atomic E-state index is -0.528. The fourth-order valence-electron chi connectivity index (χ4n) is 5.12. The summed E-state index contributed by atoms with van der Waals surface area (Å²) < 4.78 is 2.28. The van der Waals surface area contributed by atoms with Crippen molar-refractivity contribution in [2.24, 2.45) is 5.41 Å². The van der Waals surface area contributed by atoms with E-state index in [1.165, 1.54) is 27.6 Å². The van der Waals surface area contributed by atoms with E-state index in [1.807, 2.05) is 32.9 Å². The number of hydrogen-bond acceptors (Lipinski definition) is 3. The van der Waals surface area contributed by atoms with Crippen molar-refractivity contribution in [3.8, 4) is 0 Å². The highest BCUT2D eigenvalue weighted by Crippen LogP contribution is 2.31. The van der Waals surface area contributed by atoms with Crippen LogP contribution in [0.3, 0.4) is 0 Å². The minimum Gasteiger partial charge on any atom is -0.361 e. The first-order chi connectivity index (χ1) is 20.7. The van der Waals surface area contributed by atoms with Crippen LogP contribution in [0.2, 0.25) is 0 Å². The van der Waals surface area contributed by atoms with Gasteiger partial charge in [-0.1, -0.05) is 119 Å². The molecule has 0 saturated heterocycles. The van der Waals surface area contributed by atoms with Gasteiger partial charge in [0.15, 0.2) is 0 Å². The average molecular weight is 592 g/mol. The Balaban J connectivity index is 1.57. The Kier molecular flexibility index (Phi) is 11.1.